The third-order valence-corrected chi connectivity index (χ3v) is 7.05. The molecular weight excluding hydrogens is 430 g/mol. The normalized spacial score (nSPS) is 27.4. The van der Waals surface area contributed by atoms with E-state index >= 15 is 0 Å². The van der Waals surface area contributed by atoms with Crippen molar-refractivity contribution in [3.63, 3.8) is 0 Å². The molecule has 2 atom stereocenters. The van der Waals surface area contributed by atoms with Crippen LogP contribution in [0.1, 0.15) is 18.4 Å². The Balaban J connectivity index is 1.95. The molecule has 1 aromatic rings. The number of aromatic nitrogens is 2. The molecule has 3 rings (SSSR count). The molecule has 0 saturated heterocycles. The lowest BCUT2D eigenvalue weighted by atomic mass is 10.00. The third kappa shape index (κ3) is 3.73. The molecule has 0 saturated carbocycles. The maximum absolute atomic E-state index is 14.4. The minimum Gasteiger partial charge on any atom is -0.267 e. The zero-order valence-electron chi connectivity index (χ0n) is 14.7. The zero-order valence-corrected chi connectivity index (χ0v) is 16.3. The maximum atomic E-state index is 14.4. The number of alkyl halides is 2. The Morgan fingerprint density at radius 3 is 1.97 bits per heavy atom. The quantitative estimate of drug-likeness (QED) is 0.677. The Hall–Kier alpha value is -2.48. The summed E-state index contributed by atoms with van der Waals surface area (Å²) in [5.74, 6) is 0. The number of rotatable bonds is 4. The van der Waals surface area contributed by atoms with E-state index in [1.54, 1.807) is 0 Å². The van der Waals surface area contributed by atoms with Crippen LogP contribution in [0.4, 0.5) is 8.78 Å². The summed E-state index contributed by atoms with van der Waals surface area (Å²) in [4.78, 5) is 12.8. The van der Waals surface area contributed by atoms with Gasteiger partial charge in [-0.1, -0.05) is 18.2 Å². The Bertz CT molecular complexity index is 1170. The van der Waals surface area contributed by atoms with Gasteiger partial charge in [-0.05, 0) is 29.9 Å². The van der Waals surface area contributed by atoms with Crippen molar-refractivity contribution in [1.82, 2.24) is 9.78 Å². The van der Waals surface area contributed by atoms with Crippen molar-refractivity contribution in [3.8, 4) is 0 Å². The van der Waals surface area contributed by atoms with Gasteiger partial charge in [0.2, 0.25) is 30.0 Å². The molecule has 4 N–H and O–H groups in total. The molecule has 0 fully saturated rings. The predicted octanol–water partition coefficient (Wildman–Crippen LogP) is 0.296. The molecule has 1 aromatic heterocycles. The van der Waals surface area contributed by atoms with Crippen LogP contribution < -0.4 is 15.8 Å². The Kier molecular flexibility index (Phi) is 4.98. The minimum absolute atomic E-state index is 0.0746. The summed E-state index contributed by atoms with van der Waals surface area (Å²) in [6.07, 6.45) is 6.09. The second-order valence-corrected chi connectivity index (χ2v) is 10.0. The van der Waals surface area contributed by atoms with Gasteiger partial charge in [0.05, 0.1) is 11.3 Å². The monoisotopic (exact) mass is 446 g/mol. The van der Waals surface area contributed by atoms with Gasteiger partial charge in [-0.25, -0.2) is 35.9 Å². The van der Waals surface area contributed by atoms with Gasteiger partial charge in [0.1, 0.15) is 0 Å². The molecule has 13 heteroatoms. The first kappa shape index (κ1) is 21.2. The maximum Gasteiger partial charge on any atom is 0.279 e. The largest absolute Gasteiger partial charge is 0.279 e. The average Bonchev–Trinajstić information content (AvgIpc) is 2.62. The van der Waals surface area contributed by atoms with E-state index in [4.69, 9.17) is 10.3 Å². The SMILES string of the molecule is NS(=O)(=O)C1(F)C=CC(c2ccnn(C3=CCC(F)(S(N)(=O)=O)C=C3)c2=O)=CC1. The van der Waals surface area contributed by atoms with Crippen molar-refractivity contribution in [3.05, 3.63) is 64.6 Å². The number of halogens is 2. The highest BCUT2D eigenvalue weighted by Gasteiger charge is 2.41. The van der Waals surface area contributed by atoms with Gasteiger partial charge < -0.3 is 0 Å². The third-order valence-electron chi connectivity index (χ3n) is 4.55. The van der Waals surface area contributed by atoms with Crippen LogP contribution in [0.5, 0.6) is 0 Å². The molecule has 0 aliphatic heterocycles. The molecule has 9 nitrogen and oxygen atoms in total. The van der Waals surface area contributed by atoms with Gasteiger partial charge >= 0.3 is 0 Å². The van der Waals surface area contributed by atoms with E-state index in [0.29, 0.717) is 0 Å². The number of nitrogens with zero attached hydrogens (tertiary/aromatic N) is 2. The summed E-state index contributed by atoms with van der Waals surface area (Å²) >= 11 is 0. The van der Waals surface area contributed by atoms with Crippen molar-refractivity contribution >= 4 is 31.3 Å². The first-order valence-corrected chi connectivity index (χ1v) is 11.2. The lowest BCUT2D eigenvalue weighted by Crippen LogP contribution is -2.39. The minimum atomic E-state index is -4.51. The number of hydrogen-bond donors (Lipinski definition) is 2. The summed E-state index contributed by atoms with van der Waals surface area (Å²) in [7, 11) is -9.00. The van der Waals surface area contributed by atoms with E-state index in [-0.39, 0.29) is 16.8 Å². The highest BCUT2D eigenvalue weighted by molar-refractivity contribution is 7.90. The molecule has 29 heavy (non-hydrogen) atoms. The van der Waals surface area contributed by atoms with E-state index in [1.165, 1.54) is 18.3 Å². The number of allylic oxidation sites excluding steroid dienone is 6. The van der Waals surface area contributed by atoms with Crippen LogP contribution in [-0.2, 0) is 20.0 Å². The first-order chi connectivity index (χ1) is 13.3. The number of nitrogens with two attached hydrogens (primary N) is 2. The van der Waals surface area contributed by atoms with Gasteiger partial charge in [-0.3, -0.25) is 4.79 Å². The highest BCUT2D eigenvalue weighted by Crippen LogP contribution is 2.32. The molecule has 156 valence electrons. The van der Waals surface area contributed by atoms with Crippen molar-refractivity contribution in [2.24, 2.45) is 10.3 Å². The first-order valence-electron chi connectivity index (χ1n) is 8.08. The topological polar surface area (TPSA) is 155 Å². The van der Waals surface area contributed by atoms with Gasteiger partial charge in [-0.15, -0.1) is 0 Å². The van der Waals surface area contributed by atoms with Gasteiger partial charge in [0.15, 0.2) is 0 Å². The Morgan fingerprint density at radius 1 is 0.966 bits per heavy atom. The molecule has 0 amide bonds. The van der Waals surface area contributed by atoms with Gasteiger partial charge in [0.25, 0.3) is 5.56 Å². The van der Waals surface area contributed by atoms with Crippen LogP contribution in [0.2, 0.25) is 0 Å². The van der Waals surface area contributed by atoms with E-state index in [9.17, 15) is 30.4 Å². The average molecular weight is 446 g/mol. The molecular formula is C16H16F2N4O5S2. The predicted molar refractivity (Wildman–Crippen MR) is 102 cm³/mol. The molecule has 2 unspecified atom stereocenters. The Morgan fingerprint density at radius 2 is 1.52 bits per heavy atom. The standard InChI is InChI=1S/C16H16F2N4O5S2/c17-15(28(19,24)25)6-1-11(2-7-15)13-5-10-21-22(14(13)23)12-3-8-16(18,9-4-12)29(20,26)27/h1-6,8,10H,7,9H2,(H2,19,24,25)(H2,20,26,27). The fourth-order valence-electron chi connectivity index (χ4n) is 2.78. The van der Waals surface area contributed by atoms with Crippen LogP contribution in [0, 0.1) is 0 Å². The summed E-state index contributed by atoms with van der Waals surface area (Å²) < 4.78 is 75.0. The number of primary sulfonamides is 2. The smallest absolute Gasteiger partial charge is 0.267 e. The molecule has 1 heterocycles. The fraction of sp³-hybridized carbons (Fsp3) is 0.250. The van der Waals surface area contributed by atoms with Crippen LogP contribution in [0.25, 0.3) is 11.3 Å². The summed E-state index contributed by atoms with van der Waals surface area (Å²) in [6, 6.07) is 1.34. The molecule has 0 bridgehead atoms. The van der Waals surface area contributed by atoms with Crippen molar-refractivity contribution in [2.75, 3.05) is 0 Å². The second-order valence-electron chi connectivity index (χ2n) is 6.49. The highest BCUT2D eigenvalue weighted by atomic mass is 32.2. The molecule has 2 aliphatic rings. The van der Waals surface area contributed by atoms with E-state index in [1.807, 2.05) is 0 Å². The van der Waals surface area contributed by atoms with Gasteiger partial charge in [-0.2, -0.15) is 9.78 Å². The van der Waals surface area contributed by atoms with Crippen molar-refractivity contribution in [2.45, 2.75) is 22.8 Å². The lowest BCUT2D eigenvalue weighted by Gasteiger charge is -2.22. The summed E-state index contributed by atoms with van der Waals surface area (Å²) in [5, 5.41) is 8.06. The van der Waals surface area contributed by atoms with Crippen LogP contribution in [0.3, 0.4) is 0 Å². The fourth-order valence-corrected chi connectivity index (χ4v) is 3.93. The van der Waals surface area contributed by atoms with Crippen LogP contribution in [0.15, 0.2) is 53.5 Å². The number of sulfonamides is 2. The number of hydrogen-bond acceptors (Lipinski definition) is 6. The van der Waals surface area contributed by atoms with E-state index in [2.05, 4.69) is 5.10 Å². The van der Waals surface area contributed by atoms with Crippen molar-refractivity contribution < 1.29 is 25.6 Å². The Labute approximate surface area is 164 Å². The molecule has 0 spiro atoms. The van der Waals surface area contributed by atoms with Crippen molar-refractivity contribution in [1.29, 1.82) is 0 Å². The van der Waals surface area contributed by atoms with Crippen LogP contribution in [-0.4, -0.2) is 36.6 Å². The summed E-state index contributed by atoms with van der Waals surface area (Å²) in [6.45, 7) is 0. The van der Waals surface area contributed by atoms with Gasteiger partial charge in [0, 0.05) is 19.0 Å². The molecule has 0 aromatic carbocycles. The zero-order chi connectivity index (χ0) is 21.7. The molecule has 2 aliphatic carbocycles. The van der Waals surface area contributed by atoms with E-state index < -0.39 is 48.4 Å². The van der Waals surface area contributed by atoms with E-state index in [0.717, 1.165) is 35.1 Å². The van der Waals surface area contributed by atoms with Crippen LogP contribution >= 0.6 is 0 Å². The molecule has 0 radical (unpaired) electrons. The summed E-state index contributed by atoms with van der Waals surface area (Å²) in [5.41, 5.74) is -0.236. The second kappa shape index (κ2) is 6.79. The lowest BCUT2D eigenvalue weighted by molar-refractivity contribution is 0.330.